The van der Waals surface area contributed by atoms with Gasteiger partial charge in [0, 0.05) is 23.4 Å². The summed E-state index contributed by atoms with van der Waals surface area (Å²) in [5.74, 6) is -0.850. The minimum absolute atomic E-state index is 0.0646. The maximum atomic E-state index is 13.5. The Morgan fingerprint density at radius 2 is 1.97 bits per heavy atom. The van der Waals surface area contributed by atoms with Gasteiger partial charge < -0.3 is 15.8 Å². The number of nitro groups is 1. The molecule has 0 aliphatic carbocycles. The van der Waals surface area contributed by atoms with Crippen LogP contribution in [-0.2, 0) is 10.9 Å². The molecular weight excluding hydrogens is 483 g/mol. The number of hydrogen-bond acceptors (Lipinski definition) is 10. The predicted molar refractivity (Wildman–Crippen MR) is 121 cm³/mol. The van der Waals surface area contributed by atoms with Crippen molar-refractivity contribution in [3.63, 3.8) is 0 Å². The van der Waals surface area contributed by atoms with Crippen molar-refractivity contribution in [2.24, 2.45) is 10.2 Å². The van der Waals surface area contributed by atoms with Crippen molar-refractivity contribution in [1.29, 1.82) is 5.26 Å². The van der Waals surface area contributed by atoms with Gasteiger partial charge in [0.15, 0.2) is 5.82 Å². The van der Waals surface area contributed by atoms with E-state index in [9.17, 15) is 33.3 Å². The molecule has 11 nitrogen and oxygen atoms in total. The summed E-state index contributed by atoms with van der Waals surface area (Å²) in [7, 11) is 1.21. The van der Waals surface area contributed by atoms with Crippen LogP contribution in [0.1, 0.15) is 27.0 Å². The van der Waals surface area contributed by atoms with E-state index >= 15 is 0 Å². The molecule has 0 aliphatic heterocycles. The topological polar surface area (TPSA) is 169 Å². The van der Waals surface area contributed by atoms with Crippen LogP contribution in [0.15, 0.2) is 52.7 Å². The highest BCUT2D eigenvalue weighted by Gasteiger charge is 2.35. The minimum Gasteiger partial charge on any atom is -0.465 e. The number of halogens is 3. The van der Waals surface area contributed by atoms with Crippen LogP contribution < -0.4 is 11.1 Å². The number of nitro benzene ring substituents is 1. The van der Waals surface area contributed by atoms with Crippen molar-refractivity contribution in [3.8, 4) is 6.07 Å². The van der Waals surface area contributed by atoms with Crippen molar-refractivity contribution < 1.29 is 27.6 Å². The lowest BCUT2D eigenvalue weighted by atomic mass is 10.1. The van der Waals surface area contributed by atoms with Gasteiger partial charge in [0.1, 0.15) is 17.6 Å². The molecule has 36 heavy (non-hydrogen) atoms. The number of non-ortho nitro benzene ring substituents is 1. The van der Waals surface area contributed by atoms with E-state index in [0.29, 0.717) is 11.8 Å². The van der Waals surface area contributed by atoms with Crippen LogP contribution >= 0.6 is 0 Å². The van der Waals surface area contributed by atoms with E-state index in [1.807, 2.05) is 6.07 Å². The van der Waals surface area contributed by atoms with Gasteiger partial charge in [0.2, 0.25) is 0 Å². The van der Waals surface area contributed by atoms with E-state index in [2.05, 4.69) is 25.3 Å². The summed E-state index contributed by atoms with van der Waals surface area (Å²) < 4.78 is 45.2. The van der Waals surface area contributed by atoms with Crippen LogP contribution in [0.25, 0.3) is 0 Å². The minimum atomic E-state index is -4.96. The Balaban J connectivity index is 2.13. The van der Waals surface area contributed by atoms with Crippen LogP contribution in [0.4, 0.5) is 47.6 Å². The second-order valence-electron chi connectivity index (χ2n) is 7.16. The monoisotopic (exact) mass is 499 g/mol. The number of pyridine rings is 1. The van der Waals surface area contributed by atoms with E-state index in [1.54, 1.807) is 12.1 Å². The number of nitrogens with zero attached hydrogens (tertiary/aromatic N) is 5. The number of hydrogen-bond donors (Lipinski definition) is 2. The summed E-state index contributed by atoms with van der Waals surface area (Å²) in [5, 5.41) is 30.7. The first kappa shape index (κ1) is 25.6. The van der Waals surface area contributed by atoms with Gasteiger partial charge in [-0.15, -0.1) is 10.2 Å². The SMILES string of the molecule is COC(=O)c1cccc(Nc2nc(N)c(C#N)c(C)c2N=Nc2ccc([N+](=O)[O-])cc2C(F)(F)F)c1. The second kappa shape index (κ2) is 10.1. The van der Waals surface area contributed by atoms with Crippen LogP contribution in [-0.4, -0.2) is 23.0 Å². The molecule has 0 radical (unpaired) electrons. The number of ether oxygens (including phenoxy) is 1. The molecule has 3 N–H and O–H groups in total. The van der Waals surface area contributed by atoms with E-state index in [1.165, 1.54) is 26.2 Å². The van der Waals surface area contributed by atoms with Crippen LogP contribution in [0.3, 0.4) is 0 Å². The summed E-state index contributed by atoms with van der Waals surface area (Å²) in [4.78, 5) is 25.9. The number of carbonyl (C=O) groups excluding carboxylic acids is 1. The average molecular weight is 499 g/mol. The van der Waals surface area contributed by atoms with Crippen molar-refractivity contribution in [2.75, 3.05) is 18.2 Å². The van der Waals surface area contributed by atoms with Gasteiger partial charge >= 0.3 is 12.1 Å². The van der Waals surface area contributed by atoms with Crippen LogP contribution in [0, 0.1) is 28.4 Å². The van der Waals surface area contributed by atoms with Gasteiger partial charge in [-0.2, -0.15) is 18.4 Å². The molecule has 3 aromatic rings. The number of rotatable bonds is 6. The molecule has 184 valence electrons. The lowest BCUT2D eigenvalue weighted by Gasteiger charge is -2.13. The molecule has 0 saturated heterocycles. The zero-order chi connectivity index (χ0) is 26.6. The maximum Gasteiger partial charge on any atom is 0.418 e. The molecule has 0 aliphatic rings. The molecule has 0 bridgehead atoms. The highest BCUT2D eigenvalue weighted by Crippen LogP contribution is 2.40. The number of carbonyl (C=O) groups is 1. The highest BCUT2D eigenvalue weighted by atomic mass is 19.4. The van der Waals surface area contributed by atoms with E-state index in [0.717, 1.165) is 12.1 Å². The van der Waals surface area contributed by atoms with Crippen molar-refractivity contribution in [2.45, 2.75) is 13.1 Å². The fraction of sp³-hybridized carbons (Fsp3) is 0.136. The molecular formula is C22H16F3N7O4. The first-order valence-electron chi connectivity index (χ1n) is 9.89. The standard InChI is InChI=1S/C22H16F3N7O4/c1-11-15(10-26)19(27)29-20(28-13-5-3-4-12(8-13)21(33)36-2)18(11)31-30-17-7-6-14(32(34)35)9-16(17)22(23,24)25/h3-9H,1-2H3,(H3,27,28,29). The van der Waals surface area contributed by atoms with Crippen LogP contribution in [0.5, 0.6) is 0 Å². The summed E-state index contributed by atoms with van der Waals surface area (Å²) >= 11 is 0. The van der Waals surface area contributed by atoms with Gasteiger partial charge in [0.25, 0.3) is 5.69 Å². The third kappa shape index (κ3) is 5.36. The molecule has 1 aromatic heterocycles. The molecule has 0 amide bonds. The number of azo groups is 1. The van der Waals surface area contributed by atoms with Crippen molar-refractivity contribution in [3.05, 3.63) is 74.8 Å². The lowest BCUT2D eigenvalue weighted by Crippen LogP contribution is -2.06. The van der Waals surface area contributed by atoms with Gasteiger partial charge in [-0.1, -0.05) is 6.07 Å². The fourth-order valence-electron chi connectivity index (χ4n) is 3.10. The quantitative estimate of drug-likeness (QED) is 0.188. The van der Waals surface area contributed by atoms with Gasteiger partial charge in [0.05, 0.1) is 34.4 Å². The Hall–Kier alpha value is -5.06. The smallest absolute Gasteiger partial charge is 0.418 e. The van der Waals surface area contributed by atoms with Crippen molar-refractivity contribution in [1.82, 2.24) is 4.98 Å². The largest absolute Gasteiger partial charge is 0.465 e. The van der Waals surface area contributed by atoms with Crippen molar-refractivity contribution >= 4 is 40.4 Å². The first-order valence-corrected chi connectivity index (χ1v) is 9.89. The third-order valence-electron chi connectivity index (χ3n) is 4.86. The molecule has 1 heterocycles. The van der Waals surface area contributed by atoms with Gasteiger partial charge in [-0.3, -0.25) is 10.1 Å². The van der Waals surface area contributed by atoms with Crippen LogP contribution in [0.2, 0.25) is 0 Å². The summed E-state index contributed by atoms with van der Waals surface area (Å²) in [6.45, 7) is 1.45. The maximum absolute atomic E-state index is 13.5. The number of nitriles is 1. The first-order chi connectivity index (χ1) is 17.0. The molecule has 3 rings (SSSR count). The molecule has 2 aromatic carbocycles. The number of alkyl halides is 3. The average Bonchev–Trinajstić information content (AvgIpc) is 2.83. The Morgan fingerprint density at radius 3 is 2.58 bits per heavy atom. The van der Waals surface area contributed by atoms with Gasteiger partial charge in [-0.05, 0) is 31.2 Å². The fourth-order valence-corrected chi connectivity index (χ4v) is 3.10. The Bertz CT molecular complexity index is 1430. The summed E-state index contributed by atoms with van der Waals surface area (Å²) in [6, 6.07) is 9.89. The number of nitrogens with one attached hydrogen (secondary N) is 1. The highest BCUT2D eigenvalue weighted by molar-refractivity contribution is 5.91. The molecule has 0 atom stereocenters. The third-order valence-corrected chi connectivity index (χ3v) is 4.86. The zero-order valence-corrected chi connectivity index (χ0v) is 18.6. The number of methoxy groups -OCH3 is 1. The number of esters is 1. The molecule has 0 fully saturated rings. The Morgan fingerprint density at radius 1 is 1.25 bits per heavy atom. The summed E-state index contributed by atoms with van der Waals surface area (Å²) in [6.07, 6.45) is -4.96. The number of anilines is 3. The second-order valence-corrected chi connectivity index (χ2v) is 7.16. The van der Waals surface area contributed by atoms with E-state index in [4.69, 9.17) is 5.73 Å². The number of aromatic nitrogens is 1. The predicted octanol–water partition coefficient (Wildman–Crippen LogP) is 5.72. The molecule has 0 spiro atoms. The number of nitrogens with two attached hydrogens (primary N) is 1. The Labute approximate surface area is 201 Å². The molecule has 14 heteroatoms. The number of nitrogen functional groups attached to an aromatic ring is 1. The lowest BCUT2D eigenvalue weighted by molar-refractivity contribution is -0.385. The van der Waals surface area contributed by atoms with Gasteiger partial charge in [-0.25, -0.2) is 9.78 Å². The Kier molecular flexibility index (Phi) is 7.14. The summed E-state index contributed by atoms with van der Waals surface area (Å²) in [5.41, 5.74) is 3.52. The van der Waals surface area contributed by atoms with E-state index in [-0.39, 0.29) is 34.0 Å². The number of benzene rings is 2. The zero-order valence-electron chi connectivity index (χ0n) is 18.6. The van der Waals surface area contributed by atoms with E-state index < -0.39 is 34.0 Å². The molecule has 0 saturated carbocycles. The molecule has 0 unspecified atom stereocenters. The normalized spacial score (nSPS) is 11.2.